The Kier molecular flexibility index (Phi) is 6.14. The first-order valence-electron chi connectivity index (χ1n) is 6.95. The van der Waals surface area contributed by atoms with E-state index in [1.54, 1.807) is 0 Å². The van der Waals surface area contributed by atoms with Crippen molar-refractivity contribution < 1.29 is 0 Å². The first-order valence-corrected chi connectivity index (χ1v) is 6.95. The molecule has 0 unspecified atom stereocenters. The van der Waals surface area contributed by atoms with Crippen LogP contribution in [-0.4, -0.2) is 13.1 Å². The number of aryl methyl sites for hydroxylation is 2. The lowest BCUT2D eigenvalue weighted by atomic mass is 10.0. The van der Waals surface area contributed by atoms with Crippen LogP contribution in [0.5, 0.6) is 0 Å². The smallest absolute Gasteiger partial charge is 0.00139 e. The molecule has 0 bridgehead atoms. The normalized spacial score (nSPS) is 12.2. The third kappa shape index (κ3) is 5.50. The van der Waals surface area contributed by atoms with Crippen LogP contribution in [0, 0.1) is 19.8 Å². The molecule has 0 aliphatic carbocycles. The van der Waals surface area contributed by atoms with Crippen molar-refractivity contribution >= 4 is 5.57 Å². The molecular formula is C17H27N. The predicted octanol–water partition coefficient (Wildman–Crippen LogP) is 4.34. The van der Waals surface area contributed by atoms with E-state index in [0.717, 1.165) is 25.4 Å². The Morgan fingerprint density at radius 3 is 2.33 bits per heavy atom. The topological polar surface area (TPSA) is 12.0 Å². The quantitative estimate of drug-likeness (QED) is 0.735. The van der Waals surface area contributed by atoms with E-state index in [2.05, 4.69) is 64.2 Å². The van der Waals surface area contributed by atoms with Gasteiger partial charge in [-0.1, -0.05) is 49.2 Å². The lowest BCUT2D eigenvalue weighted by Crippen LogP contribution is -2.20. The van der Waals surface area contributed by atoms with Crippen molar-refractivity contribution in [3.63, 3.8) is 0 Å². The van der Waals surface area contributed by atoms with Crippen molar-refractivity contribution in [3.05, 3.63) is 41.0 Å². The molecule has 1 N–H and O–H groups in total. The number of allylic oxidation sites excluding steroid dienone is 1. The number of hydrogen-bond donors (Lipinski definition) is 1. The van der Waals surface area contributed by atoms with E-state index in [4.69, 9.17) is 0 Å². The van der Waals surface area contributed by atoms with Gasteiger partial charge in [-0.3, -0.25) is 0 Å². The van der Waals surface area contributed by atoms with Gasteiger partial charge in [-0.05, 0) is 57.3 Å². The monoisotopic (exact) mass is 245 g/mol. The van der Waals surface area contributed by atoms with E-state index in [1.807, 2.05) is 0 Å². The van der Waals surface area contributed by atoms with Gasteiger partial charge in [0.15, 0.2) is 0 Å². The van der Waals surface area contributed by atoms with Crippen molar-refractivity contribution in [2.24, 2.45) is 5.92 Å². The van der Waals surface area contributed by atoms with Gasteiger partial charge in [0.05, 0.1) is 0 Å². The van der Waals surface area contributed by atoms with Crippen LogP contribution in [0.3, 0.4) is 0 Å². The molecule has 1 nitrogen and oxygen atoms in total. The molecule has 0 spiro atoms. The van der Waals surface area contributed by atoms with Crippen molar-refractivity contribution in [1.82, 2.24) is 5.32 Å². The highest BCUT2D eigenvalue weighted by molar-refractivity contribution is 5.64. The summed E-state index contributed by atoms with van der Waals surface area (Å²) in [5.41, 5.74) is 5.43. The van der Waals surface area contributed by atoms with Crippen LogP contribution < -0.4 is 5.32 Å². The Balaban J connectivity index is 2.50. The Labute approximate surface area is 112 Å². The largest absolute Gasteiger partial charge is 0.316 e. The zero-order valence-electron chi connectivity index (χ0n) is 12.5. The molecular weight excluding hydrogens is 218 g/mol. The number of benzene rings is 1. The zero-order valence-corrected chi connectivity index (χ0v) is 12.5. The summed E-state index contributed by atoms with van der Waals surface area (Å²) in [6.45, 7) is 13.2. The minimum Gasteiger partial charge on any atom is -0.316 e. The zero-order chi connectivity index (χ0) is 13.5. The van der Waals surface area contributed by atoms with E-state index in [9.17, 15) is 0 Å². The van der Waals surface area contributed by atoms with E-state index >= 15 is 0 Å². The van der Waals surface area contributed by atoms with Gasteiger partial charge < -0.3 is 5.32 Å². The number of rotatable bonds is 6. The Hall–Kier alpha value is -1.08. The third-order valence-electron chi connectivity index (χ3n) is 3.00. The molecule has 18 heavy (non-hydrogen) atoms. The van der Waals surface area contributed by atoms with Gasteiger partial charge in [0, 0.05) is 0 Å². The van der Waals surface area contributed by atoms with Gasteiger partial charge in [-0.25, -0.2) is 0 Å². The average molecular weight is 245 g/mol. The minimum absolute atomic E-state index is 0.731. The fraction of sp³-hybridized carbons (Fsp3) is 0.529. The molecule has 0 fully saturated rings. The van der Waals surface area contributed by atoms with Crippen LogP contribution >= 0.6 is 0 Å². The molecule has 1 rings (SSSR count). The van der Waals surface area contributed by atoms with Crippen molar-refractivity contribution in [2.75, 3.05) is 13.1 Å². The molecule has 0 saturated heterocycles. The second kappa shape index (κ2) is 7.38. The highest BCUT2D eigenvalue weighted by Gasteiger charge is 1.98. The van der Waals surface area contributed by atoms with Crippen LogP contribution in [0.1, 0.15) is 43.9 Å². The highest BCUT2D eigenvalue weighted by Crippen LogP contribution is 2.17. The summed E-state index contributed by atoms with van der Waals surface area (Å²) in [5.74, 6) is 0.731. The molecule has 0 saturated carbocycles. The summed E-state index contributed by atoms with van der Waals surface area (Å²) in [4.78, 5) is 0. The van der Waals surface area contributed by atoms with E-state index in [0.29, 0.717) is 0 Å². The summed E-state index contributed by atoms with van der Waals surface area (Å²) < 4.78 is 0. The molecule has 0 heterocycles. The maximum Gasteiger partial charge on any atom is -0.00139 e. The minimum atomic E-state index is 0.731. The van der Waals surface area contributed by atoms with Gasteiger partial charge in [-0.2, -0.15) is 0 Å². The summed E-state index contributed by atoms with van der Waals surface area (Å²) in [6.07, 6.45) is 3.44. The summed E-state index contributed by atoms with van der Waals surface area (Å²) in [7, 11) is 0. The Morgan fingerprint density at radius 1 is 1.17 bits per heavy atom. The first kappa shape index (κ1) is 15.0. The maximum absolute atomic E-state index is 3.47. The molecule has 0 amide bonds. The fourth-order valence-corrected chi connectivity index (χ4v) is 2.10. The van der Waals surface area contributed by atoms with Crippen LogP contribution in [-0.2, 0) is 0 Å². The Bertz CT molecular complexity index is 382. The van der Waals surface area contributed by atoms with Gasteiger partial charge in [0.2, 0.25) is 0 Å². The molecule has 0 radical (unpaired) electrons. The lowest BCUT2D eigenvalue weighted by molar-refractivity contribution is 0.557. The van der Waals surface area contributed by atoms with Gasteiger partial charge in [-0.15, -0.1) is 0 Å². The molecule has 1 heteroatoms. The molecule has 0 aliphatic heterocycles. The maximum atomic E-state index is 3.47. The third-order valence-corrected chi connectivity index (χ3v) is 3.00. The van der Waals surface area contributed by atoms with E-state index < -0.39 is 0 Å². The fourth-order valence-electron chi connectivity index (χ4n) is 2.10. The number of nitrogens with one attached hydrogen (secondary N) is 1. The van der Waals surface area contributed by atoms with E-state index in [1.165, 1.54) is 22.3 Å². The lowest BCUT2D eigenvalue weighted by Gasteiger charge is -2.07. The van der Waals surface area contributed by atoms with E-state index in [-0.39, 0.29) is 0 Å². The van der Waals surface area contributed by atoms with Crippen LogP contribution in [0.25, 0.3) is 5.57 Å². The summed E-state index contributed by atoms with van der Waals surface area (Å²) in [6, 6.07) is 6.75. The molecule has 0 aromatic heterocycles. The first-order chi connectivity index (χ1) is 8.49. The van der Waals surface area contributed by atoms with Crippen LogP contribution in [0.4, 0.5) is 0 Å². The van der Waals surface area contributed by atoms with Crippen molar-refractivity contribution in [2.45, 2.75) is 41.0 Å². The SMILES string of the molecule is CC(=CCCNCC(C)C)c1cc(C)cc(C)c1. The van der Waals surface area contributed by atoms with Crippen LogP contribution in [0.15, 0.2) is 24.3 Å². The van der Waals surface area contributed by atoms with Gasteiger partial charge >= 0.3 is 0 Å². The number of hydrogen-bond acceptors (Lipinski definition) is 1. The average Bonchev–Trinajstić information content (AvgIpc) is 2.26. The predicted molar refractivity (Wildman–Crippen MR) is 81.9 cm³/mol. The van der Waals surface area contributed by atoms with Crippen LogP contribution in [0.2, 0.25) is 0 Å². The molecule has 0 atom stereocenters. The highest BCUT2D eigenvalue weighted by atomic mass is 14.8. The summed E-state index contributed by atoms with van der Waals surface area (Å²) >= 11 is 0. The second-order valence-corrected chi connectivity index (χ2v) is 5.65. The Morgan fingerprint density at radius 2 is 1.78 bits per heavy atom. The van der Waals surface area contributed by atoms with Gasteiger partial charge in [0.1, 0.15) is 0 Å². The summed E-state index contributed by atoms with van der Waals surface area (Å²) in [5, 5.41) is 3.47. The molecule has 1 aromatic rings. The molecule has 100 valence electrons. The standard InChI is InChI=1S/C17H27N/c1-13(2)12-18-8-6-7-16(5)17-10-14(3)9-15(4)11-17/h7,9-11,13,18H,6,8,12H2,1-5H3. The second-order valence-electron chi connectivity index (χ2n) is 5.65. The molecule has 1 aromatic carbocycles. The molecule has 0 aliphatic rings. The van der Waals surface area contributed by atoms with Gasteiger partial charge in [0.25, 0.3) is 0 Å². The van der Waals surface area contributed by atoms with Crippen molar-refractivity contribution in [3.8, 4) is 0 Å². The van der Waals surface area contributed by atoms with Crippen molar-refractivity contribution in [1.29, 1.82) is 0 Å².